The third-order valence-corrected chi connectivity index (χ3v) is 3.41. The SMILES string of the molecule is COc1ccccc1C(=O)N/N=C\c1ccc(C)s1. The van der Waals surface area contributed by atoms with Gasteiger partial charge < -0.3 is 4.74 Å². The van der Waals surface area contributed by atoms with Crippen molar-refractivity contribution in [3.05, 3.63) is 51.7 Å². The smallest absolute Gasteiger partial charge is 0.275 e. The zero-order chi connectivity index (χ0) is 13.7. The fourth-order valence-corrected chi connectivity index (χ4v) is 2.32. The van der Waals surface area contributed by atoms with Crippen molar-refractivity contribution in [1.29, 1.82) is 0 Å². The van der Waals surface area contributed by atoms with E-state index in [0.29, 0.717) is 11.3 Å². The van der Waals surface area contributed by atoms with Gasteiger partial charge >= 0.3 is 0 Å². The Balaban J connectivity index is 2.03. The van der Waals surface area contributed by atoms with Gasteiger partial charge in [0, 0.05) is 9.75 Å². The highest BCUT2D eigenvalue weighted by atomic mass is 32.1. The Hall–Kier alpha value is -2.14. The number of ether oxygens (including phenoxy) is 1. The summed E-state index contributed by atoms with van der Waals surface area (Å²) >= 11 is 1.62. The zero-order valence-corrected chi connectivity index (χ0v) is 11.5. The molecule has 1 amide bonds. The second-order valence-corrected chi connectivity index (χ2v) is 5.17. The summed E-state index contributed by atoms with van der Waals surface area (Å²) in [6, 6.07) is 11.0. The van der Waals surface area contributed by atoms with Crippen molar-refractivity contribution in [2.75, 3.05) is 7.11 Å². The molecule has 5 heteroatoms. The monoisotopic (exact) mass is 274 g/mol. The van der Waals surface area contributed by atoms with Crippen LogP contribution in [-0.4, -0.2) is 19.2 Å². The van der Waals surface area contributed by atoms with Gasteiger partial charge in [-0.1, -0.05) is 12.1 Å². The molecule has 0 saturated heterocycles. The number of carbonyl (C=O) groups excluding carboxylic acids is 1. The maximum atomic E-state index is 11.9. The molecule has 0 saturated carbocycles. The number of aryl methyl sites for hydroxylation is 1. The largest absolute Gasteiger partial charge is 0.496 e. The van der Waals surface area contributed by atoms with Crippen molar-refractivity contribution in [3.63, 3.8) is 0 Å². The van der Waals surface area contributed by atoms with Gasteiger partial charge in [0.1, 0.15) is 5.75 Å². The topological polar surface area (TPSA) is 50.7 Å². The highest BCUT2D eigenvalue weighted by Crippen LogP contribution is 2.17. The first-order chi connectivity index (χ1) is 9.20. The van der Waals surface area contributed by atoms with Crippen molar-refractivity contribution >= 4 is 23.5 Å². The van der Waals surface area contributed by atoms with E-state index in [4.69, 9.17) is 4.74 Å². The highest BCUT2D eigenvalue weighted by Gasteiger charge is 2.09. The van der Waals surface area contributed by atoms with E-state index in [1.54, 1.807) is 35.8 Å². The molecule has 1 N–H and O–H groups in total. The van der Waals surface area contributed by atoms with Crippen molar-refractivity contribution in [2.45, 2.75) is 6.92 Å². The van der Waals surface area contributed by atoms with Crippen LogP contribution in [0.25, 0.3) is 0 Å². The van der Waals surface area contributed by atoms with Crippen LogP contribution in [0.2, 0.25) is 0 Å². The minimum Gasteiger partial charge on any atom is -0.496 e. The summed E-state index contributed by atoms with van der Waals surface area (Å²) in [5, 5.41) is 3.94. The molecule has 19 heavy (non-hydrogen) atoms. The fourth-order valence-electron chi connectivity index (χ4n) is 1.57. The highest BCUT2D eigenvalue weighted by molar-refractivity contribution is 7.13. The number of benzene rings is 1. The summed E-state index contributed by atoms with van der Waals surface area (Å²) in [6.45, 7) is 2.02. The fraction of sp³-hybridized carbons (Fsp3) is 0.143. The van der Waals surface area contributed by atoms with Crippen LogP contribution in [0.5, 0.6) is 5.75 Å². The third kappa shape index (κ3) is 3.42. The predicted octanol–water partition coefficient (Wildman–Crippen LogP) is 2.83. The molecule has 0 atom stereocenters. The molecule has 2 aromatic rings. The first-order valence-corrected chi connectivity index (χ1v) is 6.55. The minimum absolute atomic E-state index is 0.290. The van der Waals surface area contributed by atoms with Gasteiger partial charge in [-0.2, -0.15) is 5.10 Å². The van der Waals surface area contributed by atoms with E-state index in [1.807, 2.05) is 25.1 Å². The van der Waals surface area contributed by atoms with Crippen molar-refractivity contribution in [2.24, 2.45) is 5.10 Å². The van der Waals surface area contributed by atoms with Crippen LogP contribution in [0.3, 0.4) is 0 Å². The van der Waals surface area contributed by atoms with E-state index in [2.05, 4.69) is 10.5 Å². The lowest BCUT2D eigenvalue weighted by atomic mass is 10.2. The van der Waals surface area contributed by atoms with Gasteiger partial charge in [-0.15, -0.1) is 11.3 Å². The lowest BCUT2D eigenvalue weighted by Crippen LogP contribution is -2.18. The molecule has 1 heterocycles. The first-order valence-electron chi connectivity index (χ1n) is 5.73. The second-order valence-electron chi connectivity index (χ2n) is 3.85. The Morgan fingerprint density at radius 1 is 1.32 bits per heavy atom. The van der Waals surface area contributed by atoms with E-state index in [1.165, 1.54) is 12.0 Å². The van der Waals surface area contributed by atoms with Gasteiger partial charge in [0.15, 0.2) is 0 Å². The first kappa shape index (κ1) is 13.3. The average Bonchev–Trinajstić information content (AvgIpc) is 2.84. The Morgan fingerprint density at radius 3 is 2.79 bits per heavy atom. The Kier molecular flexibility index (Phi) is 4.30. The van der Waals surface area contributed by atoms with Crippen LogP contribution in [0.1, 0.15) is 20.1 Å². The third-order valence-electron chi connectivity index (χ3n) is 2.47. The summed E-state index contributed by atoms with van der Waals surface area (Å²) in [5.74, 6) is 0.240. The average molecular weight is 274 g/mol. The lowest BCUT2D eigenvalue weighted by molar-refractivity contribution is 0.0952. The van der Waals surface area contributed by atoms with E-state index < -0.39 is 0 Å². The van der Waals surface area contributed by atoms with Crippen LogP contribution in [0.15, 0.2) is 41.5 Å². The van der Waals surface area contributed by atoms with Gasteiger partial charge in [0.2, 0.25) is 0 Å². The van der Waals surface area contributed by atoms with Gasteiger partial charge in [0.05, 0.1) is 18.9 Å². The molecule has 0 radical (unpaired) electrons. The molecule has 0 unspecified atom stereocenters. The minimum atomic E-state index is -0.290. The maximum Gasteiger partial charge on any atom is 0.275 e. The molecule has 1 aromatic heterocycles. The number of nitrogens with zero attached hydrogens (tertiary/aromatic N) is 1. The number of methoxy groups -OCH3 is 1. The van der Waals surface area contributed by atoms with E-state index >= 15 is 0 Å². The Labute approximate surface area is 115 Å². The normalized spacial score (nSPS) is 10.6. The van der Waals surface area contributed by atoms with Gasteiger partial charge in [-0.25, -0.2) is 5.43 Å². The van der Waals surface area contributed by atoms with Crippen LogP contribution in [-0.2, 0) is 0 Å². The maximum absolute atomic E-state index is 11.9. The molecule has 0 bridgehead atoms. The number of amides is 1. The van der Waals surface area contributed by atoms with E-state index in [0.717, 1.165) is 4.88 Å². The molecule has 0 fully saturated rings. The van der Waals surface area contributed by atoms with Gasteiger partial charge in [-0.3, -0.25) is 4.79 Å². The Bertz CT molecular complexity index is 605. The number of hydrazone groups is 1. The molecule has 2 rings (SSSR count). The number of thiophene rings is 1. The molecule has 0 aliphatic rings. The van der Waals surface area contributed by atoms with Crippen LogP contribution < -0.4 is 10.2 Å². The van der Waals surface area contributed by atoms with Gasteiger partial charge in [0.25, 0.3) is 5.91 Å². The zero-order valence-electron chi connectivity index (χ0n) is 10.7. The van der Waals surface area contributed by atoms with Crippen molar-refractivity contribution in [1.82, 2.24) is 5.43 Å². The molecule has 0 aliphatic heterocycles. The number of hydrogen-bond acceptors (Lipinski definition) is 4. The van der Waals surface area contributed by atoms with Gasteiger partial charge in [-0.05, 0) is 31.2 Å². The van der Waals surface area contributed by atoms with Crippen molar-refractivity contribution < 1.29 is 9.53 Å². The number of hydrogen-bond donors (Lipinski definition) is 1. The lowest BCUT2D eigenvalue weighted by Gasteiger charge is -2.05. The summed E-state index contributed by atoms with van der Waals surface area (Å²) in [5.41, 5.74) is 2.95. The number of rotatable bonds is 4. The molecular weight excluding hydrogens is 260 g/mol. The standard InChI is InChI=1S/C14H14N2O2S/c1-10-7-8-11(19-10)9-15-16-14(17)12-5-3-4-6-13(12)18-2/h3-9H,1-2H3,(H,16,17)/b15-9-. The molecular formula is C14H14N2O2S. The molecule has 4 nitrogen and oxygen atoms in total. The van der Waals surface area contributed by atoms with Crippen molar-refractivity contribution in [3.8, 4) is 5.75 Å². The molecule has 0 aliphatic carbocycles. The van der Waals surface area contributed by atoms with Crippen LogP contribution >= 0.6 is 11.3 Å². The van der Waals surface area contributed by atoms with E-state index in [-0.39, 0.29) is 5.91 Å². The van der Waals surface area contributed by atoms with E-state index in [9.17, 15) is 4.79 Å². The number of carbonyl (C=O) groups is 1. The van der Waals surface area contributed by atoms with Crippen LogP contribution in [0, 0.1) is 6.92 Å². The second kappa shape index (κ2) is 6.15. The summed E-state index contributed by atoms with van der Waals surface area (Å²) in [6.07, 6.45) is 1.63. The summed E-state index contributed by atoms with van der Waals surface area (Å²) in [7, 11) is 1.53. The quantitative estimate of drug-likeness (QED) is 0.688. The van der Waals surface area contributed by atoms with Crippen LogP contribution in [0.4, 0.5) is 0 Å². The predicted molar refractivity (Wildman–Crippen MR) is 77.1 cm³/mol. The summed E-state index contributed by atoms with van der Waals surface area (Å²) in [4.78, 5) is 14.1. The molecule has 0 spiro atoms. The summed E-state index contributed by atoms with van der Waals surface area (Å²) < 4.78 is 5.12. The number of nitrogens with one attached hydrogen (secondary N) is 1. The number of para-hydroxylation sites is 1. The Morgan fingerprint density at radius 2 is 2.11 bits per heavy atom. The molecule has 1 aromatic carbocycles. The molecule has 98 valence electrons.